The Morgan fingerprint density at radius 3 is 2.09 bits per heavy atom. The van der Waals surface area contributed by atoms with Crippen LogP contribution >= 0.6 is 12.4 Å². The first-order chi connectivity index (χ1) is 4.93. The lowest BCUT2D eigenvalue weighted by atomic mass is 10.1. The zero-order chi connectivity index (χ0) is 7.23. The number of nitrogens with one attached hydrogen (secondary N) is 1. The van der Waals surface area contributed by atoms with Gasteiger partial charge in [-0.15, -0.1) is 12.4 Å². The molecular weight excluding hydrogens is 158 g/mol. The Labute approximate surface area is 76.4 Å². The molecule has 0 aromatic carbocycles. The van der Waals surface area contributed by atoms with Crippen molar-refractivity contribution >= 4 is 12.4 Å². The van der Waals surface area contributed by atoms with Crippen molar-refractivity contribution < 1.29 is 0 Å². The number of hydrogen-bond acceptors (Lipinski definition) is 1. The summed E-state index contributed by atoms with van der Waals surface area (Å²) in [6, 6.07) is 0.840. The van der Waals surface area contributed by atoms with E-state index in [9.17, 15) is 0 Å². The quantitative estimate of drug-likeness (QED) is 0.640. The van der Waals surface area contributed by atoms with Gasteiger partial charge in [-0.25, -0.2) is 0 Å². The molecule has 1 rings (SSSR count). The summed E-state index contributed by atoms with van der Waals surface area (Å²) < 4.78 is 0. The normalized spacial score (nSPS) is 20.5. The van der Waals surface area contributed by atoms with Crippen LogP contribution < -0.4 is 5.32 Å². The van der Waals surface area contributed by atoms with Gasteiger partial charge in [0, 0.05) is 6.04 Å². The van der Waals surface area contributed by atoms with Crippen LogP contribution in [-0.4, -0.2) is 12.6 Å². The van der Waals surface area contributed by atoms with Gasteiger partial charge < -0.3 is 5.32 Å². The molecule has 0 saturated heterocycles. The first-order valence-electron chi connectivity index (χ1n) is 4.67. The molecule has 1 N–H and O–H groups in total. The van der Waals surface area contributed by atoms with Gasteiger partial charge in [0.05, 0.1) is 0 Å². The Morgan fingerprint density at radius 2 is 1.64 bits per heavy atom. The van der Waals surface area contributed by atoms with Crippen molar-refractivity contribution in [3.63, 3.8) is 0 Å². The fraction of sp³-hybridized carbons (Fsp3) is 1.00. The Morgan fingerprint density at radius 1 is 1.09 bits per heavy atom. The fourth-order valence-electron chi connectivity index (χ4n) is 1.77. The van der Waals surface area contributed by atoms with Crippen LogP contribution in [0.3, 0.4) is 0 Å². The Hall–Kier alpha value is 0.250. The standard InChI is InChI=1S/C9H19N.ClH/c1-2-10-9-7-5-3-4-6-8-9;/h9-10H,2-8H2,1H3;1H. The zero-order valence-electron chi connectivity index (χ0n) is 7.44. The molecular formula is C9H20ClN. The topological polar surface area (TPSA) is 12.0 Å². The summed E-state index contributed by atoms with van der Waals surface area (Å²) in [7, 11) is 0. The number of halogens is 1. The summed E-state index contributed by atoms with van der Waals surface area (Å²) in [4.78, 5) is 0. The molecule has 0 unspecified atom stereocenters. The summed E-state index contributed by atoms with van der Waals surface area (Å²) in [5.74, 6) is 0. The molecule has 0 radical (unpaired) electrons. The second kappa shape index (κ2) is 6.93. The summed E-state index contributed by atoms with van der Waals surface area (Å²) >= 11 is 0. The molecule has 1 aliphatic rings. The SMILES string of the molecule is CCNC1CCCCCC1.Cl. The van der Waals surface area contributed by atoms with Crippen LogP contribution in [0.4, 0.5) is 0 Å². The van der Waals surface area contributed by atoms with Gasteiger partial charge in [0.2, 0.25) is 0 Å². The molecule has 0 atom stereocenters. The predicted molar refractivity (Wildman–Crippen MR) is 52.4 cm³/mol. The summed E-state index contributed by atoms with van der Waals surface area (Å²) in [5.41, 5.74) is 0. The fourth-order valence-corrected chi connectivity index (χ4v) is 1.77. The minimum Gasteiger partial charge on any atom is -0.314 e. The van der Waals surface area contributed by atoms with E-state index >= 15 is 0 Å². The maximum atomic E-state index is 3.52. The maximum Gasteiger partial charge on any atom is 0.00669 e. The van der Waals surface area contributed by atoms with Gasteiger partial charge in [0.15, 0.2) is 0 Å². The third-order valence-corrected chi connectivity index (χ3v) is 2.35. The average molecular weight is 178 g/mol. The molecule has 0 aromatic rings. The van der Waals surface area contributed by atoms with Crippen molar-refractivity contribution in [3.05, 3.63) is 0 Å². The van der Waals surface area contributed by atoms with Crippen LogP contribution in [0.25, 0.3) is 0 Å². The van der Waals surface area contributed by atoms with Crippen molar-refractivity contribution in [2.75, 3.05) is 6.54 Å². The highest BCUT2D eigenvalue weighted by Crippen LogP contribution is 2.16. The van der Waals surface area contributed by atoms with Crippen LogP contribution in [-0.2, 0) is 0 Å². The molecule has 0 spiro atoms. The third kappa shape index (κ3) is 4.65. The van der Waals surface area contributed by atoms with Crippen LogP contribution in [0.5, 0.6) is 0 Å². The van der Waals surface area contributed by atoms with E-state index in [0.717, 1.165) is 12.6 Å². The maximum absolute atomic E-state index is 3.52. The lowest BCUT2D eigenvalue weighted by Gasteiger charge is -2.13. The second-order valence-corrected chi connectivity index (χ2v) is 3.25. The van der Waals surface area contributed by atoms with E-state index in [2.05, 4.69) is 12.2 Å². The number of rotatable bonds is 2. The van der Waals surface area contributed by atoms with Crippen molar-refractivity contribution in [2.24, 2.45) is 0 Å². The van der Waals surface area contributed by atoms with Gasteiger partial charge in [0.25, 0.3) is 0 Å². The van der Waals surface area contributed by atoms with E-state index in [1.807, 2.05) is 0 Å². The van der Waals surface area contributed by atoms with E-state index in [0.29, 0.717) is 0 Å². The van der Waals surface area contributed by atoms with E-state index in [-0.39, 0.29) is 12.4 Å². The molecule has 1 nitrogen and oxygen atoms in total. The minimum absolute atomic E-state index is 0. The highest BCUT2D eigenvalue weighted by molar-refractivity contribution is 5.85. The molecule has 1 saturated carbocycles. The first kappa shape index (κ1) is 11.2. The zero-order valence-corrected chi connectivity index (χ0v) is 8.25. The van der Waals surface area contributed by atoms with Crippen LogP contribution in [0.15, 0.2) is 0 Å². The van der Waals surface area contributed by atoms with E-state index < -0.39 is 0 Å². The monoisotopic (exact) mass is 177 g/mol. The number of hydrogen-bond donors (Lipinski definition) is 1. The van der Waals surface area contributed by atoms with Gasteiger partial charge in [0.1, 0.15) is 0 Å². The molecule has 1 fully saturated rings. The van der Waals surface area contributed by atoms with Crippen LogP contribution in [0, 0.1) is 0 Å². The third-order valence-electron chi connectivity index (χ3n) is 2.35. The highest BCUT2D eigenvalue weighted by Gasteiger charge is 2.09. The van der Waals surface area contributed by atoms with Crippen molar-refractivity contribution in [2.45, 2.75) is 51.5 Å². The summed E-state index contributed by atoms with van der Waals surface area (Å²) in [6.45, 7) is 3.34. The van der Waals surface area contributed by atoms with E-state index in [1.54, 1.807) is 0 Å². The average Bonchev–Trinajstić information content (AvgIpc) is 2.17. The highest BCUT2D eigenvalue weighted by atomic mass is 35.5. The predicted octanol–water partition coefficient (Wildman–Crippen LogP) is 2.74. The molecule has 68 valence electrons. The molecule has 0 bridgehead atoms. The molecule has 11 heavy (non-hydrogen) atoms. The summed E-state index contributed by atoms with van der Waals surface area (Å²) in [5, 5.41) is 3.52. The Bertz CT molecular complexity index is 77.6. The van der Waals surface area contributed by atoms with Gasteiger partial charge in [-0.3, -0.25) is 0 Å². The molecule has 0 heterocycles. The molecule has 0 aliphatic heterocycles. The van der Waals surface area contributed by atoms with Crippen molar-refractivity contribution in [1.29, 1.82) is 0 Å². The van der Waals surface area contributed by atoms with Crippen LogP contribution in [0.2, 0.25) is 0 Å². The minimum atomic E-state index is 0. The lowest BCUT2D eigenvalue weighted by molar-refractivity contribution is 0.472. The van der Waals surface area contributed by atoms with Crippen molar-refractivity contribution in [1.82, 2.24) is 5.32 Å². The van der Waals surface area contributed by atoms with Crippen molar-refractivity contribution in [3.8, 4) is 0 Å². The van der Waals surface area contributed by atoms with Gasteiger partial charge in [-0.05, 0) is 19.4 Å². The largest absolute Gasteiger partial charge is 0.314 e. The molecule has 2 heteroatoms. The lowest BCUT2D eigenvalue weighted by Crippen LogP contribution is -2.27. The van der Waals surface area contributed by atoms with E-state index in [4.69, 9.17) is 0 Å². The van der Waals surface area contributed by atoms with E-state index in [1.165, 1.54) is 38.5 Å². The Kier molecular flexibility index (Phi) is 7.09. The van der Waals surface area contributed by atoms with Gasteiger partial charge in [-0.1, -0.05) is 32.6 Å². The first-order valence-corrected chi connectivity index (χ1v) is 4.67. The molecule has 0 amide bonds. The molecule has 1 aliphatic carbocycles. The van der Waals surface area contributed by atoms with Crippen LogP contribution in [0.1, 0.15) is 45.4 Å². The van der Waals surface area contributed by atoms with Gasteiger partial charge >= 0.3 is 0 Å². The molecule has 0 aromatic heterocycles. The second-order valence-electron chi connectivity index (χ2n) is 3.25. The smallest absolute Gasteiger partial charge is 0.00669 e. The van der Waals surface area contributed by atoms with Gasteiger partial charge in [-0.2, -0.15) is 0 Å². The summed E-state index contributed by atoms with van der Waals surface area (Å²) in [6.07, 6.45) is 8.63. The Balaban J connectivity index is 0.000001000.